The van der Waals surface area contributed by atoms with E-state index < -0.39 is 9.84 Å². The van der Waals surface area contributed by atoms with Gasteiger partial charge in [0.15, 0.2) is 14.9 Å². The highest BCUT2D eigenvalue weighted by Crippen LogP contribution is 2.20. The maximum atomic E-state index is 11.8. The predicted octanol–water partition coefficient (Wildman–Crippen LogP) is 1.24. The van der Waals surface area contributed by atoms with Crippen LogP contribution < -0.4 is 5.32 Å². The zero-order chi connectivity index (χ0) is 16.2. The van der Waals surface area contributed by atoms with Gasteiger partial charge in [0.25, 0.3) is 0 Å². The van der Waals surface area contributed by atoms with Crippen molar-refractivity contribution in [2.75, 3.05) is 38.7 Å². The van der Waals surface area contributed by atoms with E-state index in [1.54, 1.807) is 0 Å². The number of nitrogens with zero attached hydrogens (tertiary/aromatic N) is 2. The van der Waals surface area contributed by atoms with Gasteiger partial charge in [0.05, 0.1) is 11.5 Å². The maximum Gasteiger partial charge on any atom is 0.169 e. The van der Waals surface area contributed by atoms with Crippen LogP contribution in [0.1, 0.15) is 38.5 Å². The summed E-state index contributed by atoms with van der Waals surface area (Å²) in [5.74, 6) is 0.537. The van der Waals surface area contributed by atoms with E-state index in [1.807, 2.05) is 14.1 Å². The first-order chi connectivity index (χ1) is 10.4. The highest BCUT2D eigenvalue weighted by atomic mass is 32.2. The Morgan fingerprint density at radius 1 is 1.14 bits per heavy atom. The van der Waals surface area contributed by atoms with E-state index in [-0.39, 0.29) is 11.8 Å². The number of likely N-dealkylation sites (N-methyl/N-ethyl adjacent to an activating group) is 1. The quantitative estimate of drug-likeness (QED) is 0.756. The summed E-state index contributed by atoms with van der Waals surface area (Å²) in [6.07, 6.45) is 6.87. The van der Waals surface area contributed by atoms with Crippen LogP contribution in [0.25, 0.3) is 0 Å². The predicted molar refractivity (Wildman–Crippen MR) is 94.9 cm³/mol. The normalized spacial score (nSPS) is 25.3. The third kappa shape index (κ3) is 5.35. The summed E-state index contributed by atoms with van der Waals surface area (Å²) in [5, 5.41) is 4.24. The van der Waals surface area contributed by atoms with Crippen molar-refractivity contribution in [2.24, 2.45) is 0 Å². The molecule has 1 saturated carbocycles. The van der Waals surface area contributed by atoms with E-state index >= 15 is 0 Å². The first kappa shape index (κ1) is 17.9. The van der Waals surface area contributed by atoms with E-state index in [1.165, 1.54) is 32.1 Å². The van der Waals surface area contributed by atoms with Crippen LogP contribution in [0, 0.1) is 0 Å². The Bertz CT molecular complexity index is 473. The molecule has 2 fully saturated rings. The first-order valence-corrected chi connectivity index (χ1v) is 10.5. The topological polar surface area (TPSA) is 52.6 Å². The molecule has 0 aromatic heterocycles. The summed E-state index contributed by atoms with van der Waals surface area (Å²) in [6.45, 7) is 1.66. The van der Waals surface area contributed by atoms with Gasteiger partial charge < -0.3 is 15.1 Å². The lowest BCUT2D eigenvalue weighted by Gasteiger charge is -2.35. The summed E-state index contributed by atoms with van der Waals surface area (Å²) in [7, 11) is 1.17. The van der Waals surface area contributed by atoms with Crippen LogP contribution in [0.3, 0.4) is 0 Å². The lowest BCUT2D eigenvalue weighted by Crippen LogP contribution is -2.51. The summed E-state index contributed by atoms with van der Waals surface area (Å²) >= 11 is 5.62. The monoisotopic (exact) mass is 347 g/mol. The van der Waals surface area contributed by atoms with Crippen LogP contribution in [-0.2, 0) is 9.84 Å². The Balaban J connectivity index is 1.97. The molecule has 7 heteroatoms. The second kappa shape index (κ2) is 7.93. The minimum absolute atomic E-state index is 0.0357. The molecule has 1 atom stereocenters. The molecule has 1 aliphatic carbocycles. The summed E-state index contributed by atoms with van der Waals surface area (Å²) < 4.78 is 23.6. The molecule has 1 saturated heterocycles. The van der Waals surface area contributed by atoms with Gasteiger partial charge >= 0.3 is 0 Å². The number of thiocarbonyl (C=S) groups is 1. The molecular formula is C15H29N3O2S2. The third-order valence-electron chi connectivity index (χ3n) is 4.63. The molecule has 1 heterocycles. The standard InChI is InChI=1S/C15H29N3O2S2/c1-17(2)9-10-18(14-8-11-22(19,20)12-14)15(21)16-13-6-4-3-5-7-13/h13-14H,3-12H2,1-2H3,(H,16,21)/t14-/m0/s1. The van der Waals surface area contributed by atoms with Crippen molar-refractivity contribution in [1.82, 2.24) is 15.1 Å². The highest BCUT2D eigenvalue weighted by Gasteiger charge is 2.33. The summed E-state index contributed by atoms with van der Waals surface area (Å²) in [6, 6.07) is 0.495. The lowest BCUT2D eigenvalue weighted by atomic mass is 9.96. The fourth-order valence-electron chi connectivity index (χ4n) is 3.28. The summed E-state index contributed by atoms with van der Waals surface area (Å²) in [4.78, 5) is 4.23. The van der Waals surface area contributed by atoms with E-state index in [4.69, 9.17) is 12.2 Å². The van der Waals surface area contributed by atoms with E-state index in [2.05, 4.69) is 15.1 Å². The van der Waals surface area contributed by atoms with Gasteiger partial charge in [-0.2, -0.15) is 0 Å². The zero-order valence-electron chi connectivity index (χ0n) is 13.8. The number of rotatable bonds is 5. The number of hydrogen-bond acceptors (Lipinski definition) is 4. The smallest absolute Gasteiger partial charge is 0.169 e. The molecular weight excluding hydrogens is 318 g/mol. The Kier molecular flexibility index (Phi) is 6.46. The van der Waals surface area contributed by atoms with Crippen molar-refractivity contribution in [3.8, 4) is 0 Å². The maximum absolute atomic E-state index is 11.8. The van der Waals surface area contributed by atoms with Gasteiger partial charge in [-0.3, -0.25) is 0 Å². The molecule has 5 nitrogen and oxygen atoms in total. The number of nitrogens with one attached hydrogen (secondary N) is 1. The average molecular weight is 348 g/mol. The molecule has 22 heavy (non-hydrogen) atoms. The van der Waals surface area contributed by atoms with Crippen molar-refractivity contribution in [2.45, 2.75) is 50.6 Å². The van der Waals surface area contributed by atoms with Gasteiger partial charge in [-0.15, -0.1) is 0 Å². The zero-order valence-corrected chi connectivity index (χ0v) is 15.4. The van der Waals surface area contributed by atoms with E-state index in [0.29, 0.717) is 18.2 Å². The van der Waals surface area contributed by atoms with Crippen LogP contribution in [0.5, 0.6) is 0 Å². The van der Waals surface area contributed by atoms with Crippen LogP contribution in [-0.4, -0.2) is 74.1 Å². The van der Waals surface area contributed by atoms with E-state index in [0.717, 1.165) is 18.2 Å². The minimum Gasteiger partial charge on any atom is -0.360 e. The van der Waals surface area contributed by atoms with Crippen LogP contribution in [0.15, 0.2) is 0 Å². The van der Waals surface area contributed by atoms with Gasteiger partial charge in [0.1, 0.15) is 0 Å². The molecule has 2 rings (SSSR count). The van der Waals surface area contributed by atoms with Crippen molar-refractivity contribution < 1.29 is 8.42 Å². The van der Waals surface area contributed by atoms with E-state index in [9.17, 15) is 8.42 Å². The van der Waals surface area contributed by atoms with Crippen LogP contribution in [0.4, 0.5) is 0 Å². The molecule has 0 amide bonds. The lowest BCUT2D eigenvalue weighted by molar-refractivity contribution is 0.277. The Morgan fingerprint density at radius 3 is 2.36 bits per heavy atom. The van der Waals surface area contributed by atoms with Crippen LogP contribution >= 0.6 is 12.2 Å². The number of sulfone groups is 1. The van der Waals surface area contributed by atoms with Gasteiger partial charge in [0.2, 0.25) is 0 Å². The molecule has 0 radical (unpaired) electrons. The molecule has 0 bridgehead atoms. The Morgan fingerprint density at radius 2 is 1.82 bits per heavy atom. The number of hydrogen-bond donors (Lipinski definition) is 1. The SMILES string of the molecule is CN(C)CCN(C(=S)NC1CCCCC1)[C@H]1CCS(=O)(=O)C1. The fraction of sp³-hybridized carbons (Fsp3) is 0.933. The second-order valence-electron chi connectivity index (χ2n) is 6.84. The largest absolute Gasteiger partial charge is 0.360 e. The molecule has 1 N–H and O–H groups in total. The minimum atomic E-state index is -2.89. The average Bonchev–Trinajstić information content (AvgIpc) is 2.80. The Hall–Kier alpha value is -0.400. The second-order valence-corrected chi connectivity index (χ2v) is 9.45. The van der Waals surface area contributed by atoms with Crippen molar-refractivity contribution in [1.29, 1.82) is 0 Å². The van der Waals surface area contributed by atoms with Gasteiger partial charge in [-0.05, 0) is 45.6 Å². The van der Waals surface area contributed by atoms with Crippen molar-refractivity contribution >= 4 is 27.2 Å². The Labute approximate surface area is 140 Å². The molecule has 2 aliphatic rings. The molecule has 128 valence electrons. The van der Waals surface area contributed by atoms with Gasteiger partial charge in [-0.1, -0.05) is 19.3 Å². The highest BCUT2D eigenvalue weighted by molar-refractivity contribution is 7.91. The molecule has 1 aliphatic heterocycles. The van der Waals surface area contributed by atoms with Crippen molar-refractivity contribution in [3.63, 3.8) is 0 Å². The van der Waals surface area contributed by atoms with Crippen molar-refractivity contribution in [3.05, 3.63) is 0 Å². The first-order valence-electron chi connectivity index (χ1n) is 8.30. The fourth-order valence-corrected chi connectivity index (χ4v) is 5.42. The molecule has 0 unspecified atom stereocenters. The molecule has 0 aromatic carbocycles. The van der Waals surface area contributed by atoms with Crippen LogP contribution in [0.2, 0.25) is 0 Å². The van der Waals surface area contributed by atoms with Gasteiger partial charge in [-0.25, -0.2) is 8.42 Å². The summed E-state index contributed by atoms with van der Waals surface area (Å²) in [5.41, 5.74) is 0. The molecule has 0 aromatic rings. The van der Waals surface area contributed by atoms with Gasteiger partial charge in [0, 0.05) is 25.2 Å². The molecule has 0 spiro atoms. The third-order valence-corrected chi connectivity index (χ3v) is 6.73.